The maximum absolute atomic E-state index is 13.5. The Bertz CT molecular complexity index is 806. The van der Waals surface area contributed by atoms with Crippen molar-refractivity contribution in [3.8, 4) is 0 Å². The zero-order chi connectivity index (χ0) is 22.5. The fourth-order valence-electron chi connectivity index (χ4n) is 3.04. The topological polar surface area (TPSA) is 58.6 Å². The molecule has 0 saturated heterocycles. The Hall–Kier alpha value is -1.44. The Morgan fingerprint density at radius 3 is 2.48 bits per heavy atom. The number of hydrogen-bond donors (Lipinski definition) is 2. The zero-order valence-corrected chi connectivity index (χ0v) is 18.9. The smallest absolute Gasteiger partial charge is 0.313 e. The first-order valence-electron chi connectivity index (χ1n) is 10.2. The highest BCUT2D eigenvalue weighted by atomic mass is 32.2. The molecule has 1 atom stereocenters. The second kappa shape index (κ2) is 13.9. The molecule has 0 aliphatic heterocycles. The van der Waals surface area contributed by atoms with Crippen molar-refractivity contribution in [3.63, 3.8) is 0 Å². The molecule has 2 rings (SSSR count). The lowest BCUT2D eigenvalue weighted by molar-refractivity contribution is -0.139. The van der Waals surface area contributed by atoms with E-state index in [2.05, 4.69) is 22.0 Å². The summed E-state index contributed by atoms with van der Waals surface area (Å²) in [6, 6.07) is 14.6. The summed E-state index contributed by atoms with van der Waals surface area (Å²) in [5.41, 5.74) is 1.24. The molecule has 0 aliphatic rings. The third kappa shape index (κ3) is 10.6. The quantitative estimate of drug-likeness (QED) is 0.190. The highest BCUT2D eigenvalue weighted by Crippen LogP contribution is 2.37. The summed E-state index contributed by atoms with van der Waals surface area (Å²) in [6.07, 6.45) is -0.0242. The molecule has 0 fully saturated rings. The van der Waals surface area contributed by atoms with E-state index in [9.17, 15) is 17.7 Å². The minimum Gasteiger partial charge on any atom is -0.313 e. The van der Waals surface area contributed by atoms with Gasteiger partial charge in [-0.2, -0.15) is 13.2 Å². The second-order valence-corrected chi connectivity index (χ2v) is 8.94. The molecule has 170 valence electrons. The van der Waals surface area contributed by atoms with Crippen molar-refractivity contribution in [1.82, 2.24) is 5.32 Å². The predicted octanol–water partition coefficient (Wildman–Crippen LogP) is 6.36. The van der Waals surface area contributed by atoms with Gasteiger partial charge >= 0.3 is 14.4 Å². The monoisotopic (exact) mass is 474 g/mol. The highest BCUT2D eigenvalue weighted by Gasteiger charge is 2.33. The second-order valence-electron chi connectivity index (χ2n) is 7.07. The average molecular weight is 475 g/mol. The summed E-state index contributed by atoms with van der Waals surface area (Å²) in [7, 11) is -2.61. The molecule has 2 aromatic rings. The molecule has 9 heteroatoms. The Labute approximate surface area is 186 Å². The Kier molecular flexibility index (Phi) is 11.5. The van der Waals surface area contributed by atoms with Gasteiger partial charge in [0, 0.05) is 16.0 Å². The van der Waals surface area contributed by atoms with Crippen LogP contribution >= 0.6 is 20.0 Å². The summed E-state index contributed by atoms with van der Waals surface area (Å²) < 4.78 is 55.5. The maximum Gasteiger partial charge on any atom is 0.694 e. The number of benzene rings is 2. The molecular weight excluding hydrogens is 446 g/mol. The third-order valence-corrected chi connectivity index (χ3v) is 6.15. The van der Waals surface area contributed by atoms with Crippen LogP contribution in [0.2, 0.25) is 0 Å². The number of thioether (sulfide) groups is 1. The van der Waals surface area contributed by atoms with Gasteiger partial charge in [0.25, 0.3) is 0 Å². The van der Waals surface area contributed by atoms with Gasteiger partial charge in [-0.05, 0) is 61.2 Å². The summed E-state index contributed by atoms with van der Waals surface area (Å²) in [6.45, 7) is 0.885. The van der Waals surface area contributed by atoms with Gasteiger partial charge in [0.15, 0.2) is 0 Å². The number of unbranched alkanes of at least 4 members (excludes halogenated alkanes) is 2. The molecule has 31 heavy (non-hydrogen) atoms. The van der Waals surface area contributed by atoms with Gasteiger partial charge in [0.05, 0.1) is 5.56 Å². The summed E-state index contributed by atoms with van der Waals surface area (Å²) >= 11 is 1.26. The summed E-state index contributed by atoms with van der Waals surface area (Å²) in [4.78, 5) is 8.79. The van der Waals surface area contributed by atoms with Gasteiger partial charge in [-0.25, -0.2) is 0 Å². The fraction of sp³-hybridized carbons (Fsp3) is 0.455. The van der Waals surface area contributed by atoms with E-state index >= 15 is 0 Å². The van der Waals surface area contributed by atoms with Crippen molar-refractivity contribution in [2.24, 2.45) is 0 Å². The average Bonchev–Trinajstić information content (AvgIpc) is 2.73. The molecule has 2 N–H and O–H groups in total. The first kappa shape index (κ1) is 25.8. The lowest BCUT2D eigenvalue weighted by atomic mass is 10.1. The molecule has 0 aliphatic carbocycles. The van der Waals surface area contributed by atoms with Crippen LogP contribution in [0, 0.1) is 0 Å². The molecule has 0 heterocycles. The van der Waals surface area contributed by atoms with Crippen LogP contribution in [0.3, 0.4) is 0 Å². The molecule has 0 aromatic heterocycles. The number of hydrogen-bond acceptors (Lipinski definition) is 4. The molecule has 4 nitrogen and oxygen atoms in total. The van der Waals surface area contributed by atoms with Crippen LogP contribution in [0.4, 0.5) is 13.2 Å². The van der Waals surface area contributed by atoms with Gasteiger partial charge in [-0.3, -0.25) is 0 Å². The van der Waals surface area contributed by atoms with Crippen molar-refractivity contribution in [2.75, 3.05) is 18.9 Å². The number of rotatable bonds is 14. The first-order valence-corrected chi connectivity index (χ1v) is 12.3. The van der Waals surface area contributed by atoms with Crippen LogP contribution in [0.5, 0.6) is 0 Å². The van der Waals surface area contributed by atoms with Crippen LogP contribution in [0.15, 0.2) is 53.4 Å². The number of nitrogens with one attached hydrogen (secondary N) is 1. The van der Waals surface area contributed by atoms with Crippen LogP contribution in [0.25, 0.3) is 0 Å². The van der Waals surface area contributed by atoms with Gasteiger partial charge in [0.1, 0.15) is 6.61 Å². The van der Waals surface area contributed by atoms with E-state index < -0.39 is 20.0 Å². The molecule has 1 unspecified atom stereocenters. The Morgan fingerprint density at radius 2 is 1.77 bits per heavy atom. The van der Waals surface area contributed by atoms with E-state index in [0.29, 0.717) is 30.8 Å². The van der Waals surface area contributed by atoms with Gasteiger partial charge in [0.2, 0.25) is 0 Å². The van der Waals surface area contributed by atoms with Gasteiger partial charge < -0.3 is 5.32 Å². The first-order chi connectivity index (χ1) is 14.9. The van der Waals surface area contributed by atoms with E-state index in [-0.39, 0.29) is 11.5 Å². The Morgan fingerprint density at radius 1 is 1.00 bits per heavy atom. The summed E-state index contributed by atoms with van der Waals surface area (Å²) in [5.74, 6) is 0.655. The molecule has 0 saturated carbocycles. The SMILES string of the molecule is O=[P+](O)OCCCNCc1ccc(SCCCCCc2ccccc2)c(C(F)(F)F)c1. The fourth-order valence-corrected chi connectivity index (χ4v) is 4.39. The molecular formula is C22H28F3NO3PS+. The minimum atomic E-state index is -4.40. The van der Waals surface area contributed by atoms with E-state index in [4.69, 9.17) is 4.89 Å². The maximum atomic E-state index is 13.5. The predicted molar refractivity (Wildman–Crippen MR) is 118 cm³/mol. The lowest BCUT2D eigenvalue weighted by Gasteiger charge is -2.14. The lowest BCUT2D eigenvalue weighted by Crippen LogP contribution is -2.17. The minimum absolute atomic E-state index is 0.118. The molecule has 0 bridgehead atoms. The number of aryl methyl sites for hydroxylation is 1. The highest BCUT2D eigenvalue weighted by molar-refractivity contribution is 7.99. The summed E-state index contributed by atoms with van der Waals surface area (Å²) in [5, 5.41) is 3.02. The third-order valence-electron chi connectivity index (χ3n) is 4.59. The molecule has 0 radical (unpaired) electrons. The normalized spacial score (nSPS) is 12.2. The van der Waals surface area contributed by atoms with Gasteiger partial charge in [-0.15, -0.1) is 21.2 Å². The number of halogens is 3. The van der Waals surface area contributed by atoms with Crippen LogP contribution in [-0.4, -0.2) is 23.8 Å². The van der Waals surface area contributed by atoms with Crippen LogP contribution < -0.4 is 5.32 Å². The van der Waals surface area contributed by atoms with Crippen LogP contribution in [-0.2, 0) is 28.2 Å². The standard InChI is InChI=1S/C22H27F3NO3PS/c23-22(24,25)20-16-19(17-26-13-7-14-29-30(27)28)11-12-21(20)31-15-6-2-5-10-18-8-3-1-4-9-18/h1,3-4,8-9,11-12,16,26H,2,5-7,10,13-15,17H2/p+1. The van der Waals surface area contributed by atoms with E-state index in [0.717, 1.165) is 25.7 Å². The Balaban J connectivity index is 1.76. The van der Waals surface area contributed by atoms with Crippen LogP contribution in [0.1, 0.15) is 42.4 Å². The molecule has 2 aromatic carbocycles. The molecule has 0 spiro atoms. The largest absolute Gasteiger partial charge is 0.694 e. The number of alkyl halides is 3. The van der Waals surface area contributed by atoms with Crippen molar-refractivity contribution < 1.29 is 27.2 Å². The van der Waals surface area contributed by atoms with Crippen molar-refractivity contribution in [1.29, 1.82) is 0 Å². The van der Waals surface area contributed by atoms with E-state index in [1.54, 1.807) is 12.1 Å². The zero-order valence-electron chi connectivity index (χ0n) is 17.2. The van der Waals surface area contributed by atoms with Crippen molar-refractivity contribution in [2.45, 2.75) is 49.7 Å². The van der Waals surface area contributed by atoms with Crippen molar-refractivity contribution >= 4 is 20.0 Å². The molecule has 0 amide bonds. The van der Waals surface area contributed by atoms with Gasteiger partial charge in [-0.1, -0.05) is 42.8 Å². The van der Waals surface area contributed by atoms with E-state index in [1.165, 1.54) is 23.4 Å². The van der Waals surface area contributed by atoms with Crippen molar-refractivity contribution in [3.05, 3.63) is 65.2 Å². The van der Waals surface area contributed by atoms with E-state index in [1.807, 2.05) is 18.2 Å².